The third-order valence-corrected chi connectivity index (χ3v) is 2.85. The maximum absolute atomic E-state index is 5.81. The maximum Gasteiger partial charge on any atom is 0.215 e. The Bertz CT molecular complexity index is 391. The molecule has 0 bridgehead atoms. The Balaban J connectivity index is 2.16. The molecule has 0 fully saturated rings. The zero-order valence-corrected chi connectivity index (χ0v) is 11.4. The van der Waals surface area contributed by atoms with Gasteiger partial charge in [0.05, 0.1) is 18.8 Å². The molecule has 1 unspecified atom stereocenters. The first-order valence-electron chi connectivity index (χ1n) is 6.22. The van der Waals surface area contributed by atoms with Gasteiger partial charge in [-0.25, -0.2) is 4.68 Å². The molecule has 96 valence electrons. The fraction of sp³-hybridized carbons (Fsp3) is 0.769. The quantitative estimate of drug-likeness (QED) is 0.793. The van der Waals surface area contributed by atoms with E-state index in [2.05, 4.69) is 25.9 Å². The van der Waals surface area contributed by atoms with Gasteiger partial charge < -0.3 is 9.47 Å². The zero-order chi connectivity index (χ0) is 12.6. The molecule has 1 aliphatic rings. The minimum atomic E-state index is 0.0688. The number of aromatic nitrogens is 2. The van der Waals surface area contributed by atoms with Gasteiger partial charge in [0.1, 0.15) is 12.7 Å². The topological polar surface area (TPSA) is 36.3 Å². The summed E-state index contributed by atoms with van der Waals surface area (Å²) in [7, 11) is 0. The van der Waals surface area contributed by atoms with Gasteiger partial charge in [-0.1, -0.05) is 20.8 Å². The van der Waals surface area contributed by atoms with Crippen LogP contribution in [0, 0.1) is 0 Å². The third-order valence-electron chi connectivity index (χ3n) is 2.85. The highest BCUT2D eigenvalue weighted by molar-refractivity contribution is 5.32. The molecular formula is C13H22N2O2. The minimum absolute atomic E-state index is 0.0688. The fourth-order valence-corrected chi connectivity index (χ4v) is 2.06. The monoisotopic (exact) mass is 238 g/mol. The van der Waals surface area contributed by atoms with Gasteiger partial charge in [0.2, 0.25) is 5.88 Å². The maximum atomic E-state index is 5.81. The summed E-state index contributed by atoms with van der Waals surface area (Å²) in [5, 5.41) is 4.39. The van der Waals surface area contributed by atoms with Crippen LogP contribution in [-0.2, 0) is 16.7 Å². The Morgan fingerprint density at radius 3 is 2.76 bits per heavy atom. The lowest BCUT2D eigenvalue weighted by Crippen LogP contribution is -2.35. The Morgan fingerprint density at radius 1 is 1.47 bits per heavy atom. The van der Waals surface area contributed by atoms with Crippen molar-refractivity contribution in [2.75, 3.05) is 6.61 Å². The first-order valence-corrected chi connectivity index (χ1v) is 6.22. The molecule has 0 aliphatic carbocycles. The van der Waals surface area contributed by atoms with E-state index in [4.69, 9.17) is 9.47 Å². The molecule has 0 aromatic carbocycles. The van der Waals surface area contributed by atoms with E-state index in [1.165, 1.54) is 5.56 Å². The van der Waals surface area contributed by atoms with Crippen LogP contribution in [-0.4, -0.2) is 28.6 Å². The van der Waals surface area contributed by atoms with E-state index in [9.17, 15) is 0 Å². The molecule has 4 heteroatoms. The van der Waals surface area contributed by atoms with Gasteiger partial charge in [0.25, 0.3) is 0 Å². The van der Waals surface area contributed by atoms with Gasteiger partial charge in [-0.15, -0.1) is 0 Å². The van der Waals surface area contributed by atoms with Crippen LogP contribution in [0.3, 0.4) is 0 Å². The van der Waals surface area contributed by atoms with Crippen molar-refractivity contribution in [2.24, 2.45) is 0 Å². The normalized spacial score (nSPS) is 20.2. The van der Waals surface area contributed by atoms with Crippen molar-refractivity contribution < 1.29 is 9.47 Å². The van der Waals surface area contributed by atoms with Crippen LogP contribution in [0.2, 0.25) is 0 Å². The lowest BCUT2D eigenvalue weighted by Gasteiger charge is -2.28. The van der Waals surface area contributed by atoms with Gasteiger partial charge in [-0.3, -0.25) is 0 Å². The first kappa shape index (κ1) is 12.4. The average molecular weight is 238 g/mol. The van der Waals surface area contributed by atoms with E-state index in [-0.39, 0.29) is 17.6 Å². The molecule has 0 saturated carbocycles. The summed E-state index contributed by atoms with van der Waals surface area (Å²) in [5.41, 5.74) is 1.24. The standard InChI is InChI=1S/C13H22N2O2/c1-9(2)17-10-7-15-12(16-8-10)11(6-14-15)13(3,4)5/h6,9-10H,7-8H2,1-5H3. The molecule has 1 atom stereocenters. The van der Waals surface area contributed by atoms with Crippen LogP contribution in [0.5, 0.6) is 5.88 Å². The van der Waals surface area contributed by atoms with Crippen molar-refractivity contribution in [1.82, 2.24) is 9.78 Å². The van der Waals surface area contributed by atoms with Crippen molar-refractivity contribution in [1.29, 1.82) is 0 Å². The van der Waals surface area contributed by atoms with Crippen molar-refractivity contribution in [3.63, 3.8) is 0 Å². The second-order valence-corrected chi connectivity index (χ2v) is 5.91. The summed E-state index contributed by atoms with van der Waals surface area (Å²) in [6, 6.07) is 0. The second kappa shape index (κ2) is 4.33. The summed E-state index contributed by atoms with van der Waals surface area (Å²) in [6.45, 7) is 12.0. The Kier molecular flexibility index (Phi) is 3.17. The molecule has 2 rings (SSSR count). The number of rotatable bonds is 2. The summed E-state index contributed by atoms with van der Waals surface area (Å²) in [5.74, 6) is 0.904. The predicted molar refractivity (Wildman–Crippen MR) is 66.4 cm³/mol. The lowest BCUT2D eigenvalue weighted by atomic mass is 9.89. The molecule has 17 heavy (non-hydrogen) atoms. The minimum Gasteiger partial charge on any atom is -0.475 e. The molecule has 2 heterocycles. The number of hydrogen-bond donors (Lipinski definition) is 0. The van der Waals surface area contributed by atoms with E-state index < -0.39 is 0 Å². The van der Waals surface area contributed by atoms with Crippen LogP contribution in [0.4, 0.5) is 0 Å². The van der Waals surface area contributed by atoms with Crippen molar-refractivity contribution in [2.45, 2.75) is 58.8 Å². The molecule has 1 aliphatic heterocycles. The van der Waals surface area contributed by atoms with Gasteiger partial charge in [0.15, 0.2) is 0 Å². The van der Waals surface area contributed by atoms with Crippen LogP contribution < -0.4 is 4.74 Å². The van der Waals surface area contributed by atoms with Crippen LogP contribution in [0.15, 0.2) is 6.20 Å². The SMILES string of the molecule is CC(C)OC1COc2c(C(C)(C)C)cnn2C1. The predicted octanol–water partition coefficient (Wildman–Crippen LogP) is 2.37. The van der Waals surface area contributed by atoms with Gasteiger partial charge in [0, 0.05) is 5.56 Å². The smallest absolute Gasteiger partial charge is 0.215 e. The molecule has 0 spiro atoms. The third kappa shape index (κ3) is 2.63. The molecule has 0 amide bonds. The first-order chi connectivity index (χ1) is 7.88. The summed E-state index contributed by atoms with van der Waals surface area (Å²) >= 11 is 0. The van der Waals surface area contributed by atoms with E-state index >= 15 is 0 Å². The number of fused-ring (bicyclic) bond motifs is 1. The second-order valence-electron chi connectivity index (χ2n) is 5.91. The largest absolute Gasteiger partial charge is 0.475 e. The Labute approximate surface area is 103 Å². The summed E-state index contributed by atoms with van der Waals surface area (Å²) in [4.78, 5) is 0. The fourth-order valence-electron chi connectivity index (χ4n) is 2.06. The van der Waals surface area contributed by atoms with Crippen molar-refractivity contribution in [3.05, 3.63) is 11.8 Å². The summed E-state index contributed by atoms with van der Waals surface area (Å²) < 4.78 is 13.5. The van der Waals surface area contributed by atoms with Crippen LogP contribution in [0.25, 0.3) is 0 Å². The van der Waals surface area contributed by atoms with Crippen molar-refractivity contribution in [3.8, 4) is 5.88 Å². The molecular weight excluding hydrogens is 216 g/mol. The molecule has 0 radical (unpaired) electrons. The van der Waals surface area contributed by atoms with E-state index in [1.807, 2.05) is 24.7 Å². The van der Waals surface area contributed by atoms with Gasteiger partial charge >= 0.3 is 0 Å². The summed E-state index contributed by atoms with van der Waals surface area (Å²) in [6.07, 6.45) is 2.24. The molecule has 0 N–H and O–H groups in total. The average Bonchev–Trinajstić information content (AvgIpc) is 2.58. The van der Waals surface area contributed by atoms with Gasteiger partial charge in [-0.05, 0) is 19.3 Å². The molecule has 1 aromatic rings. The molecule has 1 aromatic heterocycles. The Hall–Kier alpha value is -1.03. The van der Waals surface area contributed by atoms with Crippen molar-refractivity contribution >= 4 is 0 Å². The zero-order valence-electron chi connectivity index (χ0n) is 11.4. The lowest BCUT2D eigenvalue weighted by molar-refractivity contribution is -0.0440. The highest BCUT2D eigenvalue weighted by atomic mass is 16.5. The number of ether oxygens (including phenoxy) is 2. The molecule has 0 saturated heterocycles. The highest BCUT2D eigenvalue weighted by Crippen LogP contribution is 2.33. The van der Waals surface area contributed by atoms with E-state index in [1.54, 1.807) is 0 Å². The Morgan fingerprint density at radius 2 is 2.18 bits per heavy atom. The van der Waals surface area contributed by atoms with Crippen LogP contribution >= 0.6 is 0 Å². The van der Waals surface area contributed by atoms with E-state index in [0.29, 0.717) is 6.61 Å². The van der Waals surface area contributed by atoms with Gasteiger partial charge in [-0.2, -0.15) is 5.10 Å². The van der Waals surface area contributed by atoms with Crippen LogP contribution in [0.1, 0.15) is 40.2 Å². The molecule has 4 nitrogen and oxygen atoms in total. The van der Waals surface area contributed by atoms with E-state index in [0.717, 1.165) is 12.4 Å². The number of nitrogens with zero attached hydrogens (tertiary/aromatic N) is 2. The highest BCUT2D eigenvalue weighted by Gasteiger charge is 2.29. The number of hydrogen-bond acceptors (Lipinski definition) is 3.